The lowest BCUT2D eigenvalue weighted by Gasteiger charge is -2.25. The lowest BCUT2D eigenvalue weighted by atomic mass is 9.96. The molecular formula is C15H17N3O4S. The van der Waals surface area contributed by atoms with Gasteiger partial charge in [-0.1, -0.05) is 11.8 Å². The van der Waals surface area contributed by atoms with E-state index in [1.165, 1.54) is 23.9 Å². The minimum atomic E-state index is -0.543. The van der Waals surface area contributed by atoms with Gasteiger partial charge in [-0.25, -0.2) is 9.79 Å². The summed E-state index contributed by atoms with van der Waals surface area (Å²) in [6.07, 6.45) is 1.88. The summed E-state index contributed by atoms with van der Waals surface area (Å²) in [4.78, 5) is 27.1. The second-order valence-corrected chi connectivity index (χ2v) is 5.57. The van der Waals surface area contributed by atoms with E-state index in [9.17, 15) is 14.9 Å². The number of rotatable bonds is 4. The van der Waals surface area contributed by atoms with Crippen LogP contribution in [0, 0.1) is 10.1 Å². The highest BCUT2D eigenvalue weighted by atomic mass is 32.2. The summed E-state index contributed by atoms with van der Waals surface area (Å²) >= 11 is 1.43. The van der Waals surface area contributed by atoms with Crippen LogP contribution in [0.2, 0.25) is 0 Å². The number of nitrogens with one attached hydrogen (secondary N) is 1. The molecule has 1 aromatic carbocycles. The van der Waals surface area contributed by atoms with Gasteiger partial charge in [-0.3, -0.25) is 10.1 Å². The molecule has 1 atom stereocenters. The SMILES string of the molecule is CCOC(=O)C1=C(C)NC(SC)=N[C@@H]1c1ccc([N+](=O)[O-])cc1. The Kier molecular flexibility index (Phi) is 5.38. The standard InChI is InChI=1S/C15H17N3O4S/c1-4-22-14(19)12-9(2)16-15(23-3)17-13(12)10-5-7-11(8-6-10)18(20)21/h5-8,13H,4H2,1-3H3,(H,16,17)/t13-/m1/s1. The first-order valence-corrected chi connectivity index (χ1v) is 8.21. The predicted molar refractivity (Wildman–Crippen MR) is 89.3 cm³/mol. The largest absolute Gasteiger partial charge is 0.463 e. The van der Waals surface area contributed by atoms with Crippen molar-refractivity contribution in [2.45, 2.75) is 19.9 Å². The molecule has 23 heavy (non-hydrogen) atoms. The average molecular weight is 335 g/mol. The Bertz CT molecular complexity index is 682. The number of benzene rings is 1. The van der Waals surface area contributed by atoms with Gasteiger partial charge in [0.05, 0.1) is 17.1 Å². The van der Waals surface area contributed by atoms with Crippen molar-refractivity contribution < 1.29 is 14.5 Å². The Balaban J connectivity index is 2.44. The molecule has 1 aliphatic rings. The molecular weight excluding hydrogens is 318 g/mol. The highest BCUT2D eigenvalue weighted by Gasteiger charge is 2.30. The fraction of sp³-hybridized carbons (Fsp3) is 0.333. The van der Waals surface area contributed by atoms with Crippen molar-refractivity contribution in [2.75, 3.05) is 12.9 Å². The van der Waals surface area contributed by atoms with Crippen LogP contribution in [-0.4, -0.2) is 28.9 Å². The molecule has 122 valence electrons. The van der Waals surface area contributed by atoms with E-state index in [0.29, 0.717) is 22.0 Å². The first-order valence-electron chi connectivity index (χ1n) is 6.99. The second-order valence-electron chi connectivity index (χ2n) is 4.77. The van der Waals surface area contributed by atoms with Crippen LogP contribution in [-0.2, 0) is 9.53 Å². The molecule has 1 aromatic rings. The maximum absolute atomic E-state index is 12.3. The van der Waals surface area contributed by atoms with Crippen LogP contribution in [0.15, 0.2) is 40.5 Å². The molecule has 1 heterocycles. The average Bonchev–Trinajstić information content (AvgIpc) is 2.54. The van der Waals surface area contributed by atoms with Crippen molar-refractivity contribution in [3.63, 3.8) is 0 Å². The molecule has 2 rings (SSSR count). The third-order valence-electron chi connectivity index (χ3n) is 3.33. The van der Waals surface area contributed by atoms with Crippen LogP contribution in [0.25, 0.3) is 0 Å². The second kappa shape index (κ2) is 7.28. The van der Waals surface area contributed by atoms with E-state index in [0.717, 1.165) is 0 Å². The summed E-state index contributed by atoms with van der Waals surface area (Å²) in [5, 5.41) is 14.5. The molecule has 0 aliphatic carbocycles. The van der Waals surface area contributed by atoms with Crippen molar-refractivity contribution >= 4 is 28.6 Å². The monoisotopic (exact) mass is 335 g/mol. The number of carbonyl (C=O) groups excluding carboxylic acids is 1. The fourth-order valence-electron chi connectivity index (χ4n) is 2.24. The molecule has 0 bridgehead atoms. The van der Waals surface area contributed by atoms with Gasteiger partial charge in [0, 0.05) is 17.8 Å². The number of hydrogen-bond donors (Lipinski definition) is 1. The molecule has 1 N–H and O–H groups in total. The van der Waals surface area contributed by atoms with Gasteiger partial charge < -0.3 is 10.1 Å². The van der Waals surface area contributed by atoms with E-state index in [2.05, 4.69) is 10.3 Å². The Labute approximate surface area is 138 Å². The van der Waals surface area contributed by atoms with E-state index in [4.69, 9.17) is 4.74 Å². The summed E-state index contributed by atoms with van der Waals surface area (Å²) in [7, 11) is 0. The Morgan fingerprint density at radius 2 is 2.09 bits per heavy atom. The molecule has 0 saturated heterocycles. The Morgan fingerprint density at radius 3 is 2.61 bits per heavy atom. The Hall–Kier alpha value is -2.35. The number of amidine groups is 1. The summed E-state index contributed by atoms with van der Waals surface area (Å²) in [6.45, 7) is 3.79. The first-order chi connectivity index (χ1) is 11.0. The van der Waals surface area contributed by atoms with Crippen LogP contribution in [0.3, 0.4) is 0 Å². The number of non-ortho nitro benzene ring substituents is 1. The summed E-state index contributed by atoms with van der Waals surface area (Å²) in [6, 6.07) is 5.50. The number of hydrogen-bond acceptors (Lipinski definition) is 7. The molecule has 1 aliphatic heterocycles. The van der Waals surface area contributed by atoms with Gasteiger partial charge in [0.1, 0.15) is 6.04 Å². The van der Waals surface area contributed by atoms with E-state index in [1.54, 1.807) is 26.0 Å². The van der Waals surface area contributed by atoms with Crippen LogP contribution >= 0.6 is 11.8 Å². The number of allylic oxidation sites excluding steroid dienone is 1. The highest BCUT2D eigenvalue weighted by molar-refractivity contribution is 8.13. The third-order valence-corrected chi connectivity index (χ3v) is 3.92. The smallest absolute Gasteiger partial charge is 0.338 e. The van der Waals surface area contributed by atoms with E-state index < -0.39 is 16.9 Å². The van der Waals surface area contributed by atoms with Gasteiger partial charge in [-0.2, -0.15) is 0 Å². The van der Waals surface area contributed by atoms with E-state index in [-0.39, 0.29) is 12.3 Å². The molecule has 0 radical (unpaired) electrons. The minimum absolute atomic E-state index is 0.00450. The number of esters is 1. The molecule has 7 nitrogen and oxygen atoms in total. The third kappa shape index (κ3) is 3.70. The zero-order valence-corrected chi connectivity index (χ0v) is 13.8. The fourth-order valence-corrected chi connectivity index (χ4v) is 2.71. The van der Waals surface area contributed by atoms with Crippen LogP contribution in [0.5, 0.6) is 0 Å². The van der Waals surface area contributed by atoms with Crippen molar-refractivity contribution in [1.29, 1.82) is 0 Å². The van der Waals surface area contributed by atoms with Gasteiger partial charge in [0.2, 0.25) is 0 Å². The van der Waals surface area contributed by atoms with Gasteiger partial charge in [0.25, 0.3) is 5.69 Å². The van der Waals surface area contributed by atoms with Crippen LogP contribution in [0.1, 0.15) is 25.5 Å². The van der Waals surface area contributed by atoms with Gasteiger partial charge in [0.15, 0.2) is 5.17 Å². The molecule has 0 amide bonds. The lowest BCUT2D eigenvalue weighted by Crippen LogP contribution is -2.30. The first kappa shape index (κ1) is 17.0. The van der Waals surface area contributed by atoms with Crippen molar-refractivity contribution in [2.24, 2.45) is 4.99 Å². The molecule has 0 fully saturated rings. The topological polar surface area (TPSA) is 93.8 Å². The lowest BCUT2D eigenvalue weighted by molar-refractivity contribution is -0.384. The maximum Gasteiger partial charge on any atom is 0.338 e. The maximum atomic E-state index is 12.3. The molecule has 0 spiro atoms. The highest BCUT2D eigenvalue weighted by Crippen LogP contribution is 2.33. The van der Waals surface area contributed by atoms with Crippen molar-refractivity contribution in [3.8, 4) is 0 Å². The number of aliphatic imine (C=N–C) groups is 1. The molecule has 0 saturated carbocycles. The normalized spacial score (nSPS) is 17.3. The number of carbonyl (C=O) groups is 1. The molecule has 8 heteroatoms. The van der Waals surface area contributed by atoms with Gasteiger partial charge in [-0.15, -0.1) is 0 Å². The van der Waals surface area contributed by atoms with E-state index in [1.807, 2.05) is 6.26 Å². The summed E-state index contributed by atoms with van der Waals surface area (Å²) in [5.41, 5.74) is 1.78. The molecule has 0 aromatic heterocycles. The minimum Gasteiger partial charge on any atom is -0.463 e. The van der Waals surface area contributed by atoms with Crippen molar-refractivity contribution in [3.05, 3.63) is 51.2 Å². The quantitative estimate of drug-likeness (QED) is 0.516. The zero-order chi connectivity index (χ0) is 17.0. The van der Waals surface area contributed by atoms with Gasteiger partial charge >= 0.3 is 5.97 Å². The van der Waals surface area contributed by atoms with Crippen LogP contribution < -0.4 is 5.32 Å². The number of nitro benzene ring substituents is 1. The zero-order valence-electron chi connectivity index (χ0n) is 13.0. The molecule has 0 unspecified atom stereocenters. The number of nitrogens with zero attached hydrogens (tertiary/aromatic N) is 2. The summed E-state index contributed by atoms with van der Waals surface area (Å²) in [5.74, 6) is -0.440. The Morgan fingerprint density at radius 1 is 1.43 bits per heavy atom. The van der Waals surface area contributed by atoms with E-state index >= 15 is 0 Å². The van der Waals surface area contributed by atoms with Crippen molar-refractivity contribution in [1.82, 2.24) is 5.32 Å². The van der Waals surface area contributed by atoms with Gasteiger partial charge in [-0.05, 0) is 37.8 Å². The predicted octanol–water partition coefficient (Wildman–Crippen LogP) is 2.80. The summed E-state index contributed by atoms with van der Waals surface area (Å²) < 4.78 is 5.11. The number of ether oxygens (including phenoxy) is 1. The number of thioether (sulfide) groups is 1. The van der Waals surface area contributed by atoms with Crippen LogP contribution in [0.4, 0.5) is 5.69 Å². The number of nitro groups is 1.